The predicted octanol–water partition coefficient (Wildman–Crippen LogP) is 22.5. The van der Waals surface area contributed by atoms with Gasteiger partial charge in [0.1, 0.15) is 35.2 Å². The summed E-state index contributed by atoms with van der Waals surface area (Å²) in [5.41, 5.74) is 34.6. The molecule has 0 amide bonds. The molecule has 5 nitrogen and oxygen atoms in total. The summed E-state index contributed by atoms with van der Waals surface area (Å²) in [6, 6.07) is 46.8. The standard InChI is InChI=1S/C22H34NSi.2C21H32NSi.C20H30NSi.C18H26NSi/c1-9-18(10-2)19-12-11-16(3)20(13-19)21-14-22(24(6,7)8)17(4)15-23(21)5;1-15-10-11-17(21(3,4)5)12-18(15)19-13-20(23(7,8)9)16(2)14-22(19)6;1-15(2)11-18-10-9-16(3)19(12-18)20-13-21(23(6,7)8)17(4)14-22(20)5;1-14(2)17-10-9-15(3)18(11-17)19-12-20(22(6,7)8)16(4)13-21(19)5;1-13-8-9-14(2)16(10-13)17-11-18(20(5,6)7)15(3)12-19(17)4/h11-15,18H,9-10H2,1-8H3;10-14H,1-9H3;9-10,12-15H,11H2,1-8H3;9-14H,1-8H3;8-12H,1-7H3/q5*+1. The van der Waals surface area contributed by atoms with E-state index >= 15 is 0 Å². The largest absolute Gasteiger partial charge is 0.212 e. The average molecular weight is 1590 g/mol. The zero-order valence-electron chi connectivity index (χ0n) is 78.5. The second-order valence-electron chi connectivity index (χ2n) is 40.2. The van der Waals surface area contributed by atoms with Gasteiger partial charge in [0.05, 0.1) is 40.4 Å². The number of benzene rings is 5. The monoisotopic (exact) mass is 1590 g/mol. The van der Waals surface area contributed by atoms with Crippen molar-refractivity contribution in [2.75, 3.05) is 0 Å². The number of aromatic nitrogens is 5. The van der Waals surface area contributed by atoms with Crippen LogP contribution in [0.4, 0.5) is 0 Å². The number of rotatable bonds is 16. The van der Waals surface area contributed by atoms with Gasteiger partial charge in [0.15, 0.2) is 31.0 Å². The van der Waals surface area contributed by atoms with Crippen LogP contribution in [0.5, 0.6) is 0 Å². The zero-order valence-corrected chi connectivity index (χ0v) is 83.5. The van der Waals surface area contributed by atoms with Crippen LogP contribution in [0.1, 0.15) is 170 Å². The lowest BCUT2D eigenvalue weighted by atomic mass is 9.85. The van der Waals surface area contributed by atoms with Crippen molar-refractivity contribution in [1.82, 2.24) is 0 Å². The van der Waals surface area contributed by atoms with E-state index in [4.69, 9.17) is 0 Å². The van der Waals surface area contributed by atoms with Crippen molar-refractivity contribution in [2.45, 2.75) is 273 Å². The van der Waals surface area contributed by atoms with Crippen molar-refractivity contribution >= 4 is 66.3 Å². The molecular formula is C102H154N5Si5+5. The Morgan fingerprint density at radius 3 is 0.839 bits per heavy atom. The Kier molecular flexibility index (Phi) is 31.6. The summed E-state index contributed by atoms with van der Waals surface area (Å²) in [6.45, 7) is 81.4. The van der Waals surface area contributed by atoms with Crippen LogP contribution in [0.3, 0.4) is 0 Å². The molecule has 0 saturated carbocycles. The highest BCUT2D eigenvalue weighted by Crippen LogP contribution is 2.33. The highest BCUT2D eigenvalue weighted by molar-refractivity contribution is 6.90. The number of hydrogen-bond donors (Lipinski definition) is 0. The fourth-order valence-electron chi connectivity index (χ4n) is 16.4. The molecule has 0 saturated heterocycles. The van der Waals surface area contributed by atoms with E-state index in [-0.39, 0.29) is 5.41 Å². The van der Waals surface area contributed by atoms with Gasteiger partial charge in [-0.3, -0.25) is 0 Å². The Hall–Kier alpha value is -7.07. The summed E-state index contributed by atoms with van der Waals surface area (Å²) >= 11 is 0. The summed E-state index contributed by atoms with van der Waals surface area (Å²) in [6.07, 6.45) is 15.0. The van der Waals surface area contributed by atoms with Gasteiger partial charge >= 0.3 is 0 Å². The molecule has 5 heterocycles. The number of pyridine rings is 5. The molecule has 5 aromatic heterocycles. The van der Waals surface area contributed by atoms with E-state index in [1.807, 2.05) is 0 Å². The van der Waals surface area contributed by atoms with Crippen LogP contribution in [0.15, 0.2) is 152 Å². The van der Waals surface area contributed by atoms with Gasteiger partial charge < -0.3 is 0 Å². The van der Waals surface area contributed by atoms with E-state index < -0.39 is 40.4 Å². The van der Waals surface area contributed by atoms with E-state index in [0.717, 1.165) is 6.42 Å². The average Bonchev–Trinajstić information content (AvgIpc) is 0.799. The minimum Gasteiger partial charge on any atom is -0.201 e. The third-order valence-corrected chi connectivity index (χ3v) is 33.6. The second-order valence-corrected chi connectivity index (χ2v) is 65.4. The van der Waals surface area contributed by atoms with Crippen molar-refractivity contribution in [1.29, 1.82) is 0 Å². The molecule has 0 fully saturated rings. The zero-order chi connectivity index (χ0) is 84.7. The molecule has 5 aromatic carbocycles. The molecule has 0 atom stereocenters. The first-order chi connectivity index (χ1) is 51.5. The first kappa shape index (κ1) is 93.8. The van der Waals surface area contributed by atoms with E-state index in [1.54, 1.807) is 25.9 Å². The molecular weight excluding hydrogens is 1440 g/mol. The molecule has 10 heteroatoms. The Labute approximate surface area is 690 Å². The maximum atomic E-state index is 2.46. The van der Waals surface area contributed by atoms with E-state index in [2.05, 4.69) is 447 Å². The molecule has 0 aliphatic heterocycles. The van der Waals surface area contributed by atoms with Crippen LogP contribution < -0.4 is 48.8 Å². The minimum atomic E-state index is -1.35. The summed E-state index contributed by atoms with van der Waals surface area (Å²) < 4.78 is 11.4. The predicted molar refractivity (Wildman–Crippen MR) is 507 cm³/mol. The first-order valence-electron chi connectivity index (χ1n) is 42.0. The van der Waals surface area contributed by atoms with Crippen molar-refractivity contribution in [2.24, 2.45) is 41.2 Å². The molecule has 0 spiro atoms. The Balaban J connectivity index is 0.000000218. The van der Waals surface area contributed by atoms with E-state index in [0.29, 0.717) is 17.8 Å². The van der Waals surface area contributed by atoms with Gasteiger partial charge in [0.2, 0.25) is 28.5 Å². The van der Waals surface area contributed by atoms with Crippen LogP contribution in [0.2, 0.25) is 98.2 Å². The van der Waals surface area contributed by atoms with Crippen LogP contribution in [-0.4, -0.2) is 40.4 Å². The summed E-state index contributed by atoms with van der Waals surface area (Å²) in [4.78, 5) is 0. The lowest BCUT2D eigenvalue weighted by Gasteiger charge is -2.22. The number of hydrogen-bond acceptors (Lipinski definition) is 0. The smallest absolute Gasteiger partial charge is 0.201 e. The highest BCUT2D eigenvalue weighted by Gasteiger charge is 2.31. The molecule has 0 bridgehead atoms. The van der Waals surface area contributed by atoms with Crippen molar-refractivity contribution < 1.29 is 22.8 Å². The van der Waals surface area contributed by atoms with Crippen LogP contribution in [0.25, 0.3) is 56.3 Å². The molecule has 0 aliphatic rings. The molecule has 0 radical (unpaired) electrons. The summed E-state index contributed by atoms with van der Waals surface area (Å²) in [5.74, 6) is 1.91. The molecule has 10 rings (SSSR count). The van der Waals surface area contributed by atoms with Crippen LogP contribution in [-0.2, 0) is 47.1 Å². The Morgan fingerprint density at radius 2 is 0.554 bits per heavy atom. The van der Waals surface area contributed by atoms with Gasteiger partial charge in [-0.2, -0.15) is 0 Å². The quantitative estimate of drug-likeness (QED) is 0.0679. The van der Waals surface area contributed by atoms with Crippen molar-refractivity contribution in [3.05, 3.63) is 236 Å². The molecule has 0 aliphatic carbocycles. The van der Waals surface area contributed by atoms with Crippen LogP contribution >= 0.6 is 0 Å². The van der Waals surface area contributed by atoms with Crippen molar-refractivity contribution in [3.63, 3.8) is 0 Å². The van der Waals surface area contributed by atoms with Gasteiger partial charge in [0, 0.05) is 86.0 Å². The number of aryl methyl sites for hydroxylation is 16. The minimum absolute atomic E-state index is 0.174. The normalized spacial score (nSPS) is 12.1. The first-order valence-corrected chi connectivity index (χ1v) is 59.5. The van der Waals surface area contributed by atoms with E-state index in [9.17, 15) is 0 Å². The molecule has 112 heavy (non-hydrogen) atoms. The van der Waals surface area contributed by atoms with Crippen molar-refractivity contribution in [3.8, 4) is 56.3 Å². The van der Waals surface area contributed by atoms with Crippen LogP contribution in [0, 0.1) is 82.1 Å². The van der Waals surface area contributed by atoms with Gasteiger partial charge in [-0.05, 0) is 225 Å². The second kappa shape index (κ2) is 37.7. The van der Waals surface area contributed by atoms with E-state index in [1.165, 1.54) is 153 Å². The molecule has 0 N–H and O–H groups in total. The van der Waals surface area contributed by atoms with Gasteiger partial charge in [-0.15, -0.1) is 0 Å². The maximum absolute atomic E-state index is 2.46. The van der Waals surface area contributed by atoms with Gasteiger partial charge in [-0.1, -0.05) is 227 Å². The molecule has 10 aromatic rings. The Morgan fingerprint density at radius 1 is 0.295 bits per heavy atom. The molecule has 0 unspecified atom stereocenters. The SMILES string of the molecule is CCC(CC)c1ccc(C)c(-c2cc([Si](C)(C)C)c(C)c[n+]2C)c1.Cc1ccc(C(C)(C)C)cc1-c1cc([Si](C)(C)C)c(C)c[n+]1C.Cc1ccc(C(C)C)cc1-c1cc([Si](C)(C)C)c(C)c[n+]1C.Cc1ccc(C)c(-c2cc([Si](C)(C)C)c(C)c[n+]2C)c1.Cc1ccc(CC(C)C)cc1-c1cc([Si](C)(C)C)c(C)c[n+]1C. The summed E-state index contributed by atoms with van der Waals surface area (Å²) in [7, 11) is 4.17. The third-order valence-electron chi connectivity index (χ3n) is 22.9. The topological polar surface area (TPSA) is 19.4 Å². The maximum Gasteiger partial charge on any atom is 0.212 e. The third kappa shape index (κ3) is 24.3. The van der Waals surface area contributed by atoms with Gasteiger partial charge in [-0.25, -0.2) is 22.8 Å². The lowest BCUT2D eigenvalue weighted by Crippen LogP contribution is -2.44. The summed E-state index contributed by atoms with van der Waals surface area (Å²) in [5, 5.41) is 7.83. The fraction of sp³-hybridized carbons (Fsp3) is 0.461. The Bertz CT molecular complexity index is 4950. The number of nitrogens with zero attached hydrogens (tertiary/aromatic N) is 5. The van der Waals surface area contributed by atoms with Gasteiger partial charge in [0.25, 0.3) is 0 Å². The molecule has 602 valence electrons. The lowest BCUT2D eigenvalue weighted by molar-refractivity contribution is -0.660. The fourth-order valence-corrected chi connectivity index (χ4v) is 25.5. The highest BCUT2D eigenvalue weighted by atomic mass is 28.3.